The van der Waals surface area contributed by atoms with Crippen molar-refractivity contribution in [3.63, 3.8) is 0 Å². The van der Waals surface area contributed by atoms with Crippen molar-refractivity contribution in [2.24, 2.45) is 5.92 Å². The van der Waals surface area contributed by atoms with Crippen LogP contribution in [0, 0.1) is 5.92 Å². The second kappa shape index (κ2) is 5.35. The summed E-state index contributed by atoms with van der Waals surface area (Å²) in [5.41, 5.74) is 0. The Hall–Kier alpha value is -1.32. The fourth-order valence-corrected chi connectivity index (χ4v) is 0.877. The Morgan fingerprint density at radius 2 is 2.08 bits per heavy atom. The number of aliphatic carboxylic acids is 1. The summed E-state index contributed by atoms with van der Waals surface area (Å²) in [6, 6.07) is -0.813. The Bertz CT molecular complexity index is 211. The number of carboxylic acids is 1. The molecule has 4 nitrogen and oxygen atoms in total. The van der Waals surface area contributed by atoms with Crippen LogP contribution in [0.4, 0.5) is 0 Å². The summed E-state index contributed by atoms with van der Waals surface area (Å²) in [5, 5.41) is 11.1. The quantitative estimate of drug-likeness (QED) is 0.622. The molecule has 0 bridgehead atoms. The molecule has 0 fully saturated rings. The first-order valence-electron chi connectivity index (χ1n) is 4.12. The molecule has 1 amide bonds. The van der Waals surface area contributed by atoms with Gasteiger partial charge in [-0.05, 0) is 5.92 Å². The molecule has 0 rings (SSSR count). The fourth-order valence-electron chi connectivity index (χ4n) is 0.877. The number of carbonyl (C=O) groups excluding carboxylic acids is 1. The van der Waals surface area contributed by atoms with Gasteiger partial charge in [-0.3, -0.25) is 4.79 Å². The van der Waals surface area contributed by atoms with E-state index in [1.54, 1.807) is 13.8 Å². The summed E-state index contributed by atoms with van der Waals surface area (Å²) in [5.74, 6) is -1.44. The maximum atomic E-state index is 11.0. The third-order valence-corrected chi connectivity index (χ3v) is 1.58. The molecule has 0 aliphatic carbocycles. The highest BCUT2D eigenvalue weighted by Gasteiger charge is 2.22. The predicted molar refractivity (Wildman–Crippen MR) is 49.2 cm³/mol. The Labute approximate surface area is 77.6 Å². The van der Waals surface area contributed by atoms with Gasteiger partial charge in [0.05, 0.1) is 0 Å². The molecule has 13 heavy (non-hydrogen) atoms. The van der Waals surface area contributed by atoms with E-state index in [1.165, 1.54) is 6.08 Å². The van der Waals surface area contributed by atoms with Crippen molar-refractivity contribution in [2.75, 3.05) is 0 Å². The van der Waals surface area contributed by atoms with Crippen molar-refractivity contribution in [1.82, 2.24) is 5.32 Å². The second-order valence-corrected chi connectivity index (χ2v) is 3.12. The summed E-state index contributed by atoms with van der Waals surface area (Å²) in [6.07, 6.45) is 1.59. The zero-order chi connectivity index (χ0) is 10.4. The lowest BCUT2D eigenvalue weighted by atomic mass is 10.0. The molecule has 0 heterocycles. The highest BCUT2D eigenvalue weighted by Crippen LogP contribution is 2.01. The van der Waals surface area contributed by atoms with Gasteiger partial charge in [-0.2, -0.15) is 0 Å². The van der Waals surface area contributed by atoms with E-state index in [4.69, 9.17) is 5.11 Å². The lowest BCUT2D eigenvalue weighted by Crippen LogP contribution is -2.44. The van der Waals surface area contributed by atoms with Crippen molar-refractivity contribution < 1.29 is 14.7 Å². The number of nitrogens with one attached hydrogen (secondary N) is 1. The van der Waals surface area contributed by atoms with E-state index in [-0.39, 0.29) is 18.2 Å². The Balaban J connectivity index is 4.18. The molecule has 0 aromatic rings. The molecule has 0 radical (unpaired) electrons. The van der Waals surface area contributed by atoms with Crippen molar-refractivity contribution in [1.29, 1.82) is 0 Å². The first-order chi connectivity index (χ1) is 5.99. The summed E-state index contributed by atoms with van der Waals surface area (Å²) in [4.78, 5) is 21.7. The van der Waals surface area contributed by atoms with Crippen LogP contribution in [-0.2, 0) is 9.59 Å². The number of hydrogen-bond donors (Lipinski definition) is 2. The molecular formula is C9H15NO3. The first-order valence-corrected chi connectivity index (χ1v) is 4.12. The van der Waals surface area contributed by atoms with Crippen LogP contribution in [0.25, 0.3) is 0 Å². The summed E-state index contributed by atoms with van der Waals surface area (Å²) in [6.45, 7) is 6.88. The van der Waals surface area contributed by atoms with Crippen molar-refractivity contribution in [3.8, 4) is 0 Å². The van der Waals surface area contributed by atoms with Crippen LogP contribution >= 0.6 is 0 Å². The van der Waals surface area contributed by atoms with E-state index in [9.17, 15) is 9.59 Å². The molecule has 0 aliphatic heterocycles. The third-order valence-electron chi connectivity index (χ3n) is 1.58. The van der Waals surface area contributed by atoms with Crippen molar-refractivity contribution >= 4 is 11.9 Å². The highest BCUT2D eigenvalue weighted by molar-refractivity contribution is 5.84. The van der Waals surface area contributed by atoms with Crippen LogP contribution in [0.15, 0.2) is 12.7 Å². The molecule has 0 saturated heterocycles. The van der Waals surface area contributed by atoms with Gasteiger partial charge in [0.15, 0.2) is 0 Å². The van der Waals surface area contributed by atoms with E-state index >= 15 is 0 Å². The maximum Gasteiger partial charge on any atom is 0.326 e. The van der Waals surface area contributed by atoms with E-state index in [2.05, 4.69) is 11.9 Å². The number of carbonyl (C=O) groups is 2. The lowest BCUT2D eigenvalue weighted by Gasteiger charge is -2.17. The van der Waals surface area contributed by atoms with E-state index in [0.29, 0.717) is 0 Å². The normalized spacial score (nSPS) is 12.2. The third kappa shape index (κ3) is 4.30. The molecule has 1 atom stereocenters. The Morgan fingerprint density at radius 3 is 2.38 bits per heavy atom. The molecular weight excluding hydrogens is 170 g/mol. The topological polar surface area (TPSA) is 66.4 Å². The predicted octanol–water partition coefficient (Wildman–Crippen LogP) is 0.788. The minimum Gasteiger partial charge on any atom is -0.480 e. The smallest absolute Gasteiger partial charge is 0.326 e. The first kappa shape index (κ1) is 11.7. The summed E-state index contributed by atoms with van der Waals surface area (Å²) < 4.78 is 0. The van der Waals surface area contributed by atoms with Crippen LogP contribution in [-0.4, -0.2) is 23.0 Å². The SMILES string of the molecule is C=CCC(=O)NC(C(=O)O)C(C)C. The lowest BCUT2D eigenvalue weighted by molar-refractivity contribution is -0.143. The highest BCUT2D eigenvalue weighted by atomic mass is 16.4. The van der Waals surface area contributed by atoms with Gasteiger partial charge in [0.1, 0.15) is 6.04 Å². The van der Waals surface area contributed by atoms with Gasteiger partial charge in [-0.25, -0.2) is 4.79 Å². The molecule has 4 heteroatoms. The summed E-state index contributed by atoms with van der Waals surface area (Å²) >= 11 is 0. The van der Waals surface area contributed by atoms with Crippen molar-refractivity contribution in [2.45, 2.75) is 26.3 Å². The second-order valence-electron chi connectivity index (χ2n) is 3.12. The molecule has 0 aromatic carbocycles. The van der Waals surface area contributed by atoms with E-state index in [0.717, 1.165) is 0 Å². The minimum atomic E-state index is -1.01. The minimum absolute atomic E-state index is 0.119. The van der Waals surface area contributed by atoms with Crippen LogP contribution in [0.1, 0.15) is 20.3 Å². The standard InChI is InChI=1S/C9H15NO3/c1-4-5-7(11)10-8(6(2)3)9(12)13/h4,6,8H,1,5H2,2-3H3,(H,10,11)(H,12,13). The summed E-state index contributed by atoms with van der Waals surface area (Å²) in [7, 11) is 0. The maximum absolute atomic E-state index is 11.0. The van der Waals surface area contributed by atoms with Gasteiger partial charge in [-0.15, -0.1) is 6.58 Å². The van der Waals surface area contributed by atoms with E-state index in [1.807, 2.05) is 0 Å². The number of hydrogen-bond acceptors (Lipinski definition) is 2. The monoisotopic (exact) mass is 185 g/mol. The largest absolute Gasteiger partial charge is 0.480 e. The number of carboxylic acid groups (broad SMARTS) is 1. The van der Waals surface area contributed by atoms with Gasteiger partial charge in [0, 0.05) is 6.42 Å². The fraction of sp³-hybridized carbons (Fsp3) is 0.556. The van der Waals surface area contributed by atoms with Gasteiger partial charge in [-0.1, -0.05) is 19.9 Å². The molecule has 2 N–H and O–H groups in total. The number of amides is 1. The molecule has 0 saturated carbocycles. The molecule has 0 spiro atoms. The van der Waals surface area contributed by atoms with Crippen LogP contribution in [0.5, 0.6) is 0 Å². The zero-order valence-electron chi connectivity index (χ0n) is 7.91. The molecule has 0 aliphatic rings. The molecule has 0 aromatic heterocycles. The van der Waals surface area contributed by atoms with Crippen molar-refractivity contribution in [3.05, 3.63) is 12.7 Å². The van der Waals surface area contributed by atoms with Gasteiger partial charge in [0.25, 0.3) is 0 Å². The van der Waals surface area contributed by atoms with Gasteiger partial charge in [0.2, 0.25) is 5.91 Å². The molecule has 1 unspecified atom stereocenters. The van der Waals surface area contributed by atoms with Gasteiger partial charge < -0.3 is 10.4 Å². The van der Waals surface area contributed by atoms with E-state index < -0.39 is 12.0 Å². The zero-order valence-corrected chi connectivity index (χ0v) is 7.91. The average molecular weight is 185 g/mol. The average Bonchev–Trinajstić information content (AvgIpc) is 1.99. The van der Waals surface area contributed by atoms with Crippen LogP contribution in [0.3, 0.4) is 0 Å². The molecule has 74 valence electrons. The Morgan fingerprint density at radius 1 is 1.54 bits per heavy atom. The Kier molecular flexibility index (Phi) is 4.80. The van der Waals surface area contributed by atoms with Crippen LogP contribution in [0.2, 0.25) is 0 Å². The van der Waals surface area contributed by atoms with Crippen LogP contribution < -0.4 is 5.32 Å². The van der Waals surface area contributed by atoms with Gasteiger partial charge >= 0.3 is 5.97 Å². The number of rotatable bonds is 5.